The number of ether oxygens (including phenoxy) is 1. The van der Waals surface area contributed by atoms with Crippen LogP contribution in [0.25, 0.3) is 0 Å². The molecule has 166 valence electrons. The summed E-state index contributed by atoms with van der Waals surface area (Å²) in [5.74, 6) is -0.710. The van der Waals surface area contributed by atoms with Gasteiger partial charge in [0, 0.05) is 17.0 Å². The Balaban J connectivity index is 1.37. The molecule has 0 spiro atoms. The van der Waals surface area contributed by atoms with E-state index in [4.69, 9.17) is 4.74 Å². The zero-order valence-corrected chi connectivity index (χ0v) is 18.3. The van der Waals surface area contributed by atoms with E-state index in [-0.39, 0.29) is 18.0 Å². The van der Waals surface area contributed by atoms with Gasteiger partial charge in [-0.2, -0.15) is 0 Å². The predicted molar refractivity (Wildman–Crippen MR) is 120 cm³/mol. The molecular formula is C27H30NO4+. The molecule has 2 aromatic rings. The molecule has 1 unspecified atom stereocenters. The third-order valence-electron chi connectivity index (χ3n) is 7.76. The molecule has 3 aliphatic rings. The summed E-state index contributed by atoms with van der Waals surface area (Å²) < 4.78 is 5.78. The lowest BCUT2D eigenvalue weighted by atomic mass is 9.73. The zero-order chi connectivity index (χ0) is 22.1. The van der Waals surface area contributed by atoms with Crippen molar-refractivity contribution in [3.8, 4) is 0 Å². The van der Waals surface area contributed by atoms with E-state index < -0.39 is 11.4 Å². The first kappa shape index (κ1) is 21.1. The molecule has 0 bridgehead atoms. The van der Waals surface area contributed by atoms with Gasteiger partial charge in [0.1, 0.15) is 5.41 Å². The van der Waals surface area contributed by atoms with Crippen molar-refractivity contribution in [1.29, 1.82) is 0 Å². The molecule has 1 aliphatic carbocycles. The van der Waals surface area contributed by atoms with Crippen LogP contribution >= 0.6 is 0 Å². The molecule has 5 rings (SSSR count). The van der Waals surface area contributed by atoms with Crippen molar-refractivity contribution in [3.63, 3.8) is 0 Å². The summed E-state index contributed by atoms with van der Waals surface area (Å²) >= 11 is 0. The first-order valence-corrected chi connectivity index (χ1v) is 11.9. The summed E-state index contributed by atoms with van der Waals surface area (Å²) in [6.07, 6.45) is 5.71. The number of hydrogen-bond donors (Lipinski definition) is 1. The number of carbonyl (C=O) groups is 3. The number of nitrogens with one attached hydrogen (secondary N) is 1. The van der Waals surface area contributed by atoms with E-state index in [1.165, 1.54) is 32.4 Å². The molecule has 5 nitrogen and oxygen atoms in total. The number of hydrogen-bond acceptors (Lipinski definition) is 4. The second kappa shape index (κ2) is 8.62. The highest BCUT2D eigenvalue weighted by Gasteiger charge is 2.55. The summed E-state index contributed by atoms with van der Waals surface area (Å²) in [6.45, 7) is 2.81. The smallest absolute Gasteiger partial charge is 0.307 e. The molecule has 2 saturated heterocycles. The maximum absolute atomic E-state index is 13.5. The summed E-state index contributed by atoms with van der Waals surface area (Å²) in [7, 11) is 0. The van der Waals surface area contributed by atoms with Gasteiger partial charge in [-0.15, -0.1) is 0 Å². The van der Waals surface area contributed by atoms with Crippen molar-refractivity contribution >= 4 is 17.5 Å². The Morgan fingerprint density at radius 2 is 1.53 bits per heavy atom. The normalized spacial score (nSPS) is 26.3. The molecule has 2 heterocycles. The number of esters is 1. The maximum Gasteiger partial charge on any atom is 0.307 e. The van der Waals surface area contributed by atoms with Crippen molar-refractivity contribution in [3.05, 3.63) is 71.3 Å². The monoisotopic (exact) mass is 432 g/mol. The number of benzene rings is 2. The second-order valence-corrected chi connectivity index (χ2v) is 9.50. The van der Waals surface area contributed by atoms with Gasteiger partial charge in [0.2, 0.25) is 0 Å². The lowest BCUT2D eigenvalue weighted by Gasteiger charge is -2.41. The minimum Gasteiger partial charge on any atom is -0.465 e. The van der Waals surface area contributed by atoms with Gasteiger partial charge in [-0.05, 0) is 37.7 Å². The Morgan fingerprint density at radius 1 is 0.875 bits per heavy atom. The van der Waals surface area contributed by atoms with Crippen molar-refractivity contribution in [2.45, 2.75) is 50.0 Å². The quantitative estimate of drug-likeness (QED) is 0.583. The van der Waals surface area contributed by atoms with Gasteiger partial charge in [0.05, 0.1) is 32.2 Å². The Morgan fingerprint density at radius 3 is 2.25 bits per heavy atom. The van der Waals surface area contributed by atoms with Crippen LogP contribution in [0.4, 0.5) is 0 Å². The van der Waals surface area contributed by atoms with Crippen LogP contribution in [-0.4, -0.2) is 43.3 Å². The minimum atomic E-state index is -1.53. The summed E-state index contributed by atoms with van der Waals surface area (Å²) in [5, 5.41) is 0. The molecule has 5 heteroatoms. The van der Waals surface area contributed by atoms with E-state index in [0.717, 1.165) is 12.8 Å². The number of rotatable bonds is 5. The largest absolute Gasteiger partial charge is 0.465 e. The molecule has 1 N–H and O–H groups in total. The van der Waals surface area contributed by atoms with Crippen LogP contribution in [0.3, 0.4) is 0 Å². The molecule has 2 aromatic carbocycles. The molecule has 2 fully saturated rings. The molecular weight excluding hydrogens is 402 g/mol. The van der Waals surface area contributed by atoms with Gasteiger partial charge in [-0.1, -0.05) is 54.6 Å². The van der Waals surface area contributed by atoms with Crippen LogP contribution < -0.4 is 4.90 Å². The van der Waals surface area contributed by atoms with Crippen molar-refractivity contribution in [1.82, 2.24) is 0 Å². The highest BCUT2D eigenvalue weighted by Crippen LogP contribution is 2.42. The van der Waals surface area contributed by atoms with Crippen molar-refractivity contribution in [2.75, 3.05) is 19.7 Å². The average Bonchev–Trinajstić information content (AvgIpc) is 3.06. The van der Waals surface area contributed by atoms with Crippen LogP contribution in [0, 0.1) is 5.92 Å². The fourth-order valence-electron chi connectivity index (χ4n) is 6.13. The SMILES string of the molecule is O=C(CC1(c2ccccc2)C(=O)c2ccccc2C1=O)OC[C@H]1CCC[NH+]2CCCC[C@H]12. The number of carbonyl (C=O) groups excluding carboxylic acids is 3. The van der Waals surface area contributed by atoms with E-state index in [1.807, 2.05) is 6.07 Å². The number of ketones is 2. The van der Waals surface area contributed by atoms with Gasteiger partial charge in [-0.3, -0.25) is 14.4 Å². The van der Waals surface area contributed by atoms with E-state index in [9.17, 15) is 14.4 Å². The van der Waals surface area contributed by atoms with Gasteiger partial charge >= 0.3 is 5.97 Å². The standard InChI is InChI=1S/C27H29NO4/c29-24(32-18-19-9-8-16-28-15-7-6-14-23(19)28)17-27(20-10-2-1-3-11-20)25(30)21-12-4-5-13-22(21)26(27)31/h1-5,10-13,19,23H,6-9,14-18H2/p+1/t19-,23-/m1/s1. The Kier molecular flexibility index (Phi) is 5.68. The van der Waals surface area contributed by atoms with Gasteiger partial charge in [-0.25, -0.2) is 0 Å². The van der Waals surface area contributed by atoms with Crippen molar-refractivity contribution in [2.24, 2.45) is 5.92 Å². The fraction of sp³-hybridized carbons (Fsp3) is 0.444. The summed E-state index contributed by atoms with van der Waals surface area (Å²) in [4.78, 5) is 41.8. The average molecular weight is 433 g/mol. The Hall–Kier alpha value is -2.79. The number of quaternary nitrogens is 1. The molecule has 3 atom stereocenters. The van der Waals surface area contributed by atoms with Crippen LogP contribution in [0.15, 0.2) is 54.6 Å². The Labute approximate surface area is 188 Å². The van der Waals surface area contributed by atoms with Crippen LogP contribution in [-0.2, 0) is 14.9 Å². The topological polar surface area (TPSA) is 64.9 Å². The molecule has 32 heavy (non-hydrogen) atoms. The number of fused-ring (bicyclic) bond motifs is 2. The summed E-state index contributed by atoms with van der Waals surface area (Å²) in [6, 6.07) is 16.4. The van der Waals surface area contributed by atoms with Gasteiger partial charge in [0.25, 0.3) is 0 Å². The molecule has 0 saturated carbocycles. The van der Waals surface area contributed by atoms with Crippen LogP contribution in [0.2, 0.25) is 0 Å². The number of piperidine rings is 2. The fourth-order valence-corrected chi connectivity index (χ4v) is 6.13. The van der Waals surface area contributed by atoms with E-state index >= 15 is 0 Å². The molecule has 0 amide bonds. The maximum atomic E-state index is 13.5. The van der Waals surface area contributed by atoms with Gasteiger partial charge in [0.15, 0.2) is 11.6 Å². The molecule has 2 aliphatic heterocycles. The molecule has 0 aromatic heterocycles. The predicted octanol–water partition coefficient (Wildman–Crippen LogP) is 2.78. The van der Waals surface area contributed by atoms with E-state index in [1.54, 1.807) is 53.4 Å². The lowest BCUT2D eigenvalue weighted by molar-refractivity contribution is -0.940. The zero-order valence-electron chi connectivity index (χ0n) is 18.3. The minimum absolute atomic E-state index is 0.253. The summed E-state index contributed by atoms with van der Waals surface area (Å²) in [5.41, 5.74) is -0.189. The lowest BCUT2D eigenvalue weighted by Crippen LogP contribution is -3.18. The van der Waals surface area contributed by atoms with E-state index in [2.05, 4.69) is 0 Å². The van der Waals surface area contributed by atoms with Crippen LogP contribution in [0.1, 0.15) is 64.8 Å². The molecule has 0 radical (unpaired) electrons. The van der Waals surface area contributed by atoms with Crippen molar-refractivity contribution < 1.29 is 24.0 Å². The second-order valence-electron chi connectivity index (χ2n) is 9.50. The Bertz CT molecular complexity index is 994. The van der Waals surface area contributed by atoms with Gasteiger partial charge < -0.3 is 9.64 Å². The highest BCUT2D eigenvalue weighted by molar-refractivity contribution is 6.34. The first-order chi connectivity index (χ1) is 15.6. The third-order valence-corrected chi connectivity index (χ3v) is 7.76. The third kappa shape index (κ3) is 3.49. The van der Waals surface area contributed by atoms with E-state index in [0.29, 0.717) is 35.3 Å². The first-order valence-electron chi connectivity index (χ1n) is 11.9. The van der Waals surface area contributed by atoms with Crippen LogP contribution in [0.5, 0.6) is 0 Å². The highest BCUT2D eigenvalue weighted by atomic mass is 16.5. The number of Topliss-reactive ketones (excluding diaryl/α,β-unsaturated/α-hetero) is 2.